The van der Waals surface area contributed by atoms with Crippen molar-refractivity contribution >= 4 is 5.91 Å². The molecule has 3 rings (SSSR count). The first-order valence-corrected chi connectivity index (χ1v) is 8.45. The molecule has 5 heteroatoms. The van der Waals surface area contributed by atoms with Gasteiger partial charge in [0.05, 0.1) is 12.7 Å². The van der Waals surface area contributed by atoms with Gasteiger partial charge in [0.2, 0.25) is 0 Å². The summed E-state index contributed by atoms with van der Waals surface area (Å²) >= 11 is 0. The lowest BCUT2D eigenvalue weighted by Crippen LogP contribution is -2.43. The molecule has 1 aliphatic heterocycles. The van der Waals surface area contributed by atoms with E-state index in [4.69, 9.17) is 4.74 Å². The zero-order valence-electron chi connectivity index (χ0n) is 14.2. The van der Waals surface area contributed by atoms with E-state index in [1.165, 1.54) is 6.07 Å². The van der Waals surface area contributed by atoms with Gasteiger partial charge in [-0.25, -0.2) is 8.78 Å². The molecule has 0 bridgehead atoms. The predicted molar refractivity (Wildman–Crippen MR) is 91.3 cm³/mol. The highest BCUT2D eigenvalue weighted by Gasteiger charge is 2.25. The Hall–Kier alpha value is -2.27. The number of aryl methyl sites for hydroxylation is 1. The van der Waals surface area contributed by atoms with E-state index in [-0.39, 0.29) is 18.6 Å². The number of carbonyl (C=O) groups is 1. The van der Waals surface area contributed by atoms with Crippen molar-refractivity contribution in [2.24, 2.45) is 0 Å². The number of benzene rings is 2. The zero-order chi connectivity index (χ0) is 17.8. The first kappa shape index (κ1) is 17.5. The summed E-state index contributed by atoms with van der Waals surface area (Å²) in [7, 11) is 0. The highest BCUT2D eigenvalue weighted by molar-refractivity contribution is 5.95. The van der Waals surface area contributed by atoms with Gasteiger partial charge in [0.15, 0.2) is 11.6 Å². The van der Waals surface area contributed by atoms with Gasteiger partial charge in [-0.3, -0.25) is 4.79 Å². The fourth-order valence-corrected chi connectivity index (χ4v) is 3.09. The van der Waals surface area contributed by atoms with Crippen LogP contribution in [0.15, 0.2) is 42.5 Å². The Morgan fingerprint density at radius 1 is 1.20 bits per heavy atom. The maximum atomic E-state index is 13.3. The number of hydrogen-bond donors (Lipinski definition) is 0. The molecule has 25 heavy (non-hydrogen) atoms. The Kier molecular flexibility index (Phi) is 5.43. The SMILES string of the molecule is Cc1ccccc1C(=O)N1CCCC(OCc2ccc(F)c(F)c2)C1. The van der Waals surface area contributed by atoms with Crippen LogP contribution in [0, 0.1) is 18.6 Å². The van der Waals surface area contributed by atoms with E-state index in [1.54, 1.807) is 0 Å². The van der Waals surface area contributed by atoms with Gasteiger partial charge in [-0.05, 0) is 49.1 Å². The fraction of sp³-hybridized carbons (Fsp3) is 0.350. The zero-order valence-corrected chi connectivity index (χ0v) is 14.2. The third-order valence-electron chi connectivity index (χ3n) is 4.51. The van der Waals surface area contributed by atoms with Gasteiger partial charge >= 0.3 is 0 Å². The van der Waals surface area contributed by atoms with Gasteiger partial charge in [-0.1, -0.05) is 24.3 Å². The molecule has 1 fully saturated rings. The van der Waals surface area contributed by atoms with E-state index in [2.05, 4.69) is 0 Å². The molecule has 0 aromatic heterocycles. The number of ether oxygens (including phenoxy) is 1. The molecule has 132 valence electrons. The molecule has 2 aromatic rings. The highest BCUT2D eigenvalue weighted by Crippen LogP contribution is 2.19. The third kappa shape index (κ3) is 4.23. The number of carbonyl (C=O) groups excluding carboxylic acids is 1. The lowest BCUT2D eigenvalue weighted by atomic mass is 10.0. The second kappa shape index (κ2) is 7.74. The highest BCUT2D eigenvalue weighted by atomic mass is 19.2. The second-order valence-corrected chi connectivity index (χ2v) is 6.39. The van der Waals surface area contributed by atoms with E-state index in [0.717, 1.165) is 30.5 Å². The Morgan fingerprint density at radius 2 is 2.00 bits per heavy atom. The Balaban J connectivity index is 1.60. The Labute approximate surface area is 146 Å². The molecule has 2 aromatic carbocycles. The van der Waals surface area contributed by atoms with Crippen molar-refractivity contribution in [3.63, 3.8) is 0 Å². The molecular weight excluding hydrogens is 324 g/mol. The molecule has 1 aliphatic rings. The van der Waals surface area contributed by atoms with E-state index >= 15 is 0 Å². The lowest BCUT2D eigenvalue weighted by Gasteiger charge is -2.33. The van der Waals surface area contributed by atoms with Gasteiger partial charge < -0.3 is 9.64 Å². The topological polar surface area (TPSA) is 29.5 Å². The molecule has 1 saturated heterocycles. The summed E-state index contributed by atoms with van der Waals surface area (Å²) in [6.07, 6.45) is 1.61. The molecule has 0 radical (unpaired) electrons. The monoisotopic (exact) mass is 345 g/mol. The van der Waals surface area contributed by atoms with Crippen molar-refractivity contribution < 1.29 is 18.3 Å². The number of nitrogens with zero attached hydrogens (tertiary/aromatic N) is 1. The van der Waals surface area contributed by atoms with Gasteiger partial charge in [0.1, 0.15) is 0 Å². The number of halogens is 2. The van der Waals surface area contributed by atoms with E-state index in [9.17, 15) is 13.6 Å². The van der Waals surface area contributed by atoms with Crippen molar-refractivity contribution in [2.75, 3.05) is 13.1 Å². The summed E-state index contributed by atoms with van der Waals surface area (Å²) in [6.45, 7) is 3.34. The molecule has 1 atom stereocenters. The number of piperidine rings is 1. The number of likely N-dealkylation sites (tertiary alicyclic amines) is 1. The van der Waals surface area contributed by atoms with Crippen LogP contribution in [0.4, 0.5) is 8.78 Å². The van der Waals surface area contributed by atoms with Crippen molar-refractivity contribution in [1.82, 2.24) is 4.90 Å². The first-order chi connectivity index (χ1) is 12.0. The molecule has 0 spiro atoms. The standard InChI is InChI=1S/C20H21F2NO2/c1-14-5-2-3-7-17(14)20(24)23-10-4-6-16(12-23)25-13-15-8-9-18(21)19(22)11-15/h2-3,5,7-9,11,16H,4,6,10,12-13H2,1H3. The molecule has 1 unspecified atom stereocenters. The summed E-state index contributed by atoms with van der Waals surface area (Å²) in [5.41, 5.74) is 2.25. The van der Waals surface area contributed by atoms with Crippen LogP contribution in [-0.2, 0) is 11.3 Å². The summed E-state index contributed by atoms with van der Waals surface area (Å²) in [6, 6.07) is 11.3. The van der Waals surface area contributed by atoms with Crippen molar-refractivity contribution in [3.8, 4) is 0 Å². The van der Waals surface area contributed by atoms with Gasteiger partial charge in [-0.15, -0.1) is 0 Å². The smallest absolute Gasteiger partial charge is 0.254 e. The first-order valence-electron chi connectivity index (χ1n) is 8.45. The average Bonchev–Trinajstić information content (AvgIpc) is 2.63. The summed E-state index contributed by atoms with van der Waals surface area (Å²) < 4.78 is 32.0. The molecule has 1 amide bonds. The van der Waals surface area contributed by atoms with Crippen molar-refractivity contribution in [1.29, 1.82) is 0 Å². The van der Waals surface area contributed by atoms with Crippen LogP contribution < -0.4 is 0 Å². The summed E-state index contributed by atoms with van der Waals surface area (Å²) in [5.74, 6) is -1.73. The maximum Gasteiger partial charge on any atom is 0.254 e. The molecule has 0 saturated carbocycles. The minimum atomic E-state index is -0.874. The number of rotatable bonds is 4. The minimum absolute atomic E-state index is 0.0132. The second-order valence-electron chi connectivity index (χ2n) is 6.39. The fourth-order valence-electron chi connectivity index (χ4n) is 3.09. The number of hydrogen-bond acceptors (Lipinski definition) is 2. The minimum Gasteiger partial charge on any atom is -0.372 e. The Morgan fingerprint density at radius 3 is 2.76 bits per heavy atom. The van der Waals surface area contributed by atoms with Gasteiger partial charge in [0.25, 0.3) is 5.91 Å². The summed E-state index contributed by atoms with van der Waals surface area (Å²) in [4.78, 5) is 14.5. The summed E-state index contributed by atoms with van der Waals surface area (Å²) in [5, 5.41) is 0. The largest absolute Gasteiger partial charge is 0.372 e. The van der Waals surface area contributed by atoms with E-state index in [0.29, 0.717) is 24.2 Å². The van der Waals surface area contributed by atoms with Crippen molar-refractivity contribution in [2.45, 2.75) is 32.5 Å². The maximum absolute atomic E-state index is 13.3. The van der Waals surface area contributed by atoms with Crippen LogP contribution in [0.2, 0.25) is 0 Å². The molecule has 3 nitrogen and oxygen atoms in total. The number of amides is 1. The molecule has 0 aliphatic carbocycles. The lowest BCUT2D eigenvalue weighted by molar-refractivity contribution is -0.00684. The quantitative estimate of drug-likeness (QED) is 0.835. The average molecular weight is 345 g/mol. The predicted octanol–water partition coefficient (Wildman–Crippen LogP) is 4.09. The van der Waals surface area contributed by atoms with Crippen LogP contribution in [0.5, 0.6) is 0 Å². The van der Waals surface area contributed by atoms with Crippen LogP contribution in [0.1, 0.15) is 34.3 Å². The molecular formula is C20H21F2NO2. The third-order valence-corrected chi connectivity index (χ3v) is 4.51. The van der Waals surface area contributed by atoms with E-state index in [1.807, 2.05) is 36.1 Å². The van der Waals surface area contributed by atoms with Crippen LogP contribution in [-0.4, -0.2) is 30.0 Å². The van der Waals surface area contributed by atoms with Gasteiger partial charge in [0, 0.05) is 18.7 Å². The van der Waals surface area contributed by atoms with Crippen molar-refractivity contribution in [3.05, 3.63) is 70.8 Å². The van der Waals surface area contributed by atoms with Crippen LogP contribution >= 0.6 is 0 Å². The van der Waals surface area contributed by atoms with E-state index < -0.39 is 11.6 Å². The van der Waals surface area contributed by atoms with Crippen LogP contribution in [0.3, 0.4) is 0 Å². The molecule has 0 N–H and O–H groups in total. The normalized spacial score (nSPS) is 17.6. The van der Waals surface area contributed by atoms with Crippen LogP contribution in [0.25, 0.3) is 0 Å². The Bertz CT molecular complexity index is 763. The molecule has 1 heterocycles. The van der Waals surface area contributed by atoms with Gasteiger partial charge in [-0.2, -0.15) is 0 Å².